The van der Waals surface area contributed by atoms with Crippen molar-refractivity contribution in [3.63, 3.8) is 0 Å². The minimum Gasteiger partial charge on any atom is -0.461 e. The predicted molar refractivity (Wildman–Crippen MR) is 71.6 cm³/mol. The molecule has 0 radical (unpaired) electrons. The highest BCUT2D eigenvalue weighted by molar-refractivity contribution is 8.93. The van der Waals surface area contributed by atoms with Gasteiger partial charge in [0.1, 0.15) is 5.01 Å². The summed E-state index contributed by atoms with van der Waals surface area (Å²) in [5.41, 5.74) is 1.31. The van der Waals surface area contributed by atoms with Gasteiger partial charge in [-0.2, -0.15) is 0 Å². The number of pyridine rings is 1. The first kappa shape index (κ1) is 13.8. The van der Waals surface area contributed by atoms with Gasteiger partial charge >= 0.3 is 5.97 Å². The van der Waals surface area contributed by atoms with E-state index in [4.69, 9.17) is 4.74 Å². The third-order valence-electron chi connectivity index (χ3n) is 1.92. The Bertz CT molecular complexity index is 487. The van der Waals surface area contributed by atoms with E-state index >= 15 is 0 Å². The maximum atomic E-state index is 11.4. The molecular formula is C11H11BrN2O2S. The molecular weight excluding hydrogens is 304 g/mol. The van der Waals surface area contributed by atoms with Crippen LogP contribution in [0.25, 0.3) is 10.6 Å². The lowest BCUT2D eigenvalue weighted by atomic mass is 10.3. The van der Waals surface area contributed by atoms with Crippen LogP contribution < -0.4 is 0 Å². The molecule has 0 bridgehead atoms. The first-order chi connectivity index (χ1) is 7.81. The minimum absolute atomic E-state index is 0. The maximum Gasteiger partial charge on any atom is 0.357 e. The number of halogens is 1. The van der Waals surface area contributed by atoms with Gasteiger partial charge in [0.15, 0.2) is 5.69 Å². The first-order valence-electron chi connectivity index (χ1n) is 4.84. The van der Waals surface area contributed by atoms with Gasteiger partial charge in [-0.1, -0.05) is 0 Å². The highest BCUT2D eigenvalue weighted by Gasteiger charge is 2.12. The molecule has 2 rings (SSSR count). The van der Waals surface area contributed by atoms with E-state index in [1.165, 1.54) is 11.3 Å². The molecule has 0 aliphatic carbocycles. The molecule has 2 aromatic rings. The average molecular weight is 315 g/mol. The fourth-order valence-corrected chi connectivity index (χ4v) is 2.00. The van der Waals surface area contributed by atoms with E-state index in [0.29, 0.717) is 12.3 Å². The third-order valence-corrected chi connectivity index (χ3v) is 2.81. The van der Waals surface area contributed by atoms with Crippen LogP contribution >= 0.6 is 28.3 Å². The van der Waals surface area contributed by atoms with Crippen molar-refractivity contribution in [3.05, 3.63) is 35.6 Å². The van der Waals surface area contributed by atoms with Gasteiger partial charge in [-0.3, -0.25) is 4.98 Å². The lowest BCUT2D eigenvalue weighted by Gasteiger charge is -1.96. The monoisotopic (exact) mass is 314 g/mol. The zero-order valence-electron chi connectivity index (χ0n) is 9.12. The zero-order chi connectivity index (χ0) is 11.4. The summed E-state index contributed by atoms with van der Waals surface area (Å²) in [6, 6.07) is 3.71. The molecule has 0 amide bonds. The van der Waals surface area contributed by atoms with Crippen molar-refractivity contribution in [2.45, 2.75) is 6.92 Å². The molecule has 0 spiro atoms. The Labute approximate surface area is 113 Å². The van der Waals surface area contributed by atoms with Crippen LogP contribution in [0.5, 0.6) is 0 Å². The topological polar surface area (TPSA) is 52.1 Å². The van der Waals surface area contributed by atoms with Gasteiger partial charge in [0.2, 0.25) is 0 Å². The number of thiazole rings is 1. The lowest BCUT2D eigenvalue weighted by molar-refractivity contribution is 0.0520. The summed E-state index contributed by atoms with van der Waals surface area (Å²) in [5.74, 6) is -0.376. The molecule has 90 valence electrons. The van der Waals surface area contributed by atoms with Gasteiger partial charge in [-0.25, -0.2) is 9.78 Å². The largest absolute Gasteiger partial charge is 0.461 e. The Balaban J connectivity index is 0.00000144. The first-order valence-corrected chi connectivity index (χ1v) is 5.72. The van der Waals surface area contributed by atoms with Crippen LogP contribution in [0.2, 0.25) is 0 Å². The molecule has 0 aliphatic rings. The fourth-order valence-electron chi connectivity index (χ4n) is 1.20. The molecule has 0 N–H and O–H groups in total. The maximum absolute atomic E-state index is 11.4. The van der Waals surface area contributed by atoms with Gasteiger partial charge in [0.05, 0.1) is 6.61 Å². The van der Waals surface area contributed by atoms with E-state index in [-0.39, 0.29) is 23.0 Å². The van der Waals surface area contributed by atoms with Gasteiger partial charge < -0.3 is 4.74 Å². The summed E-state index contributed by atoms with van der Waals surface area (Å²) in [7, 11) is 0. The number of aromatic nitrogens is 2. The normalized spacial score (nSPS) is 9.47. The summed E-state index contributed by atoms with van der Waals surface area (Å²) in [6.07, 6.45) is 3.39. The summed E-state index contributed by atoms with van der Waals surface area (Å²) in [5, 5.41) is 2.50. The molecule has 17 heavy (non-hydrogen) atoms. The average Bonchev–Trinajstić information content (AvgIpc) is 2.80. The summed E-state index contributed by atoms with van der Waals surface area (Å²) >= 11 is 1.42. The summed E-state index contributed by atoms with van der Waals surface area (Å²) < 4.78 is 4.87. The van der Waals surface area contributed by atoms with Crippen molar-refractivity contribution >= 4 is 34.3 Å². The molecule has 0 aliphatic heterocycles. The van der Waals surface area contributed by atoms with Gasteiger partial charge in [0, 0.05) is 23.3 Å². The SMILES string of the molecule is Br.CCOC(=O)c1csc(-c2ccncc2)n1. The van der Waals surface area contributed by atoms with E-state index in [1.54, 1.807) is 24.7 Å². The highest BCUT2D eigenvalue weighted by atomic mass is 79.9. The van der Waals surface area contributed by atoms with Crippen LogP contribution in [-0.4, -0.2) is 22.5 Å². The minimum atomic E-state index is -0.376. The Morgan fingerprint density at radius 2 is 2.12 bits per heavy atom. The fraction of sp³-hybridized carbons (Fsp3) is 0.182. The second-order valence-electron chi connectivity index (χ2n) is 2.99. The van der Waals surface area contributed by atoms with E-state index in [2.05, 4.69) is 9.97 Å². The molecule has 0 fully saturated rings. The Morgan fingerprint density at radius 1 is 1.41 bits per heavy atom. The lowest BCUT2D eigenvalue weighted by Crippen LogP contribution is -2.04. The number of hydrogen-bond donors (Lipinski definition) is 0. The molecule has 0 unspecified atom stereocenters. The second-order valence-corrected chi connectivity index (χ2v) is 3.85. The van der Waals surface area contributed by atoms with Crippen molar-refractivity contribution in [1.29, 1.82) is 0 Å². The zero-order valence-corrected chi connectivity index (χ0v) is 11.7. The molecule has 0 aromatic carbocycles. The smallest absolute Gasteiger partial charge is 0.357 e. The quantitative estimate of drug-likeness (QED) is 0.817. The van der Waals surface area contributed by atoms with Crippen LogP contribution in [-0.2, 0) is 4.74 Å². The molecule has 2 heterocycles. The number of nitrogens with zero attached hydrogens (tertiary/aromatic N) is 2. The van der Waals surface area contributed by atoms with Crippen LogP contribution in [0.3, 0.4) is 0 Å². The predicted octanol–water partition coefficient (Wildman–Crippen LogP) is 2.96. The third kappa shape index (κ3) is 3.34. The number of ether oxygens (including phenoxy) is 1. The van der Waals surface area contributed by atoms with Crippen LogP contribution in [0.4, 0.5) is 0 Å². The Kier molecular flexibility index (Phi) is 5.24. The van der Waals surface area contributed by atoms with E-state index in [0.717, 1.165) is 10.6 Å². The van der Waals surface area contributed by atoms with Gasteiger partial charge in [-0.15, -0.1) is 28.3 Å². The van der Waals surface area contributed by atoms with Gasteiger partial charge in [0.25, 0.3) is 0 Å². The Hall–Kier alpha value is -1.27. The van der Waals surface area contributed by atoms with Crippen molar-refractivity contribution in [3.8, 4) is 10.6 Å². The summed E-state index contributed by atoms with van der Waals surface area (Å²) in [4.78, 5) is 19.5. The Morgan fingerprint density at radius 3 is 2.76 bits per heavy atom. The van der Waals surface area contributed by atoms with E-state index < -0.39 is 0 Å². The van der Waals surface area contributed by atoms with Gasteiger partial charge in [-0.05, 0) is 19.1 Å². The number of rotatable bonds is 3. The highest BCUT2D eigenvalue weighted by Crippen LogP contribution is 2.22. The van der Waals surface area contributed by atoms with Crippen molar-refractivity contribution in [2.75, 3.05) is 6.61 Å². The second kappa shape index (κ2) is 6.46. The molecule has 0 saturated carbocycles. The molecule has 0 saturated heterocycles. The number of carbonyl (C=O) groups excluding carboxylic acids is 1. The van der Waals surface area contributed by atoms with E-state index in [9.17, 15) is 4.79 Å². The molecule has 6 heteroatoms. The van der Waals surface area contributed by atoms with Crippen molar-refractivity contribution in [1.82, 2.24) is 9.97 Å². The van der Waals surface area contributed by atoms with Crippen LogP contribution in [0.1, 0.15) is 17.4 Å². The van der Waals surface area contributed by atoms with Crippen molar-refractivity contribution in [2.24, 2.45) is 0 Å². The molecule has 2 aromatic heterocycles. The van der Waals surface area contributed by atoms with Crippen LogP contribution in [0.15, 0.2) is 29.9 Å². The molecule has 4 nitrogen and oxygen atoms in total. The van der Waals surface area contributed by atoms with Crippen LogP contribution in [0, 0.1) is 0 Å². The van der Waals surface area contributed by atoms with E-state index in [1.807, 2.05) is 12.1 Å². The molecule has 0 atom stereocenters. The van der Waals surface area contributed by atoms with Crippen molar-refractivity contribution < 1.29 is 9.53 Å². The number of hydrogen-bond acceptors (Lipinski definition) is 5. The number of esters is 1. The number of carbonyl (C=O) groups is 1. The standard InChI is InChI=1S/C11H10N2O2S.BrH/c1-2-15-11(14)9-7-16-10(13-9)8-3-5-12-6-4-8;/h3-7H,2H2,1H3;1H. The summed E-state index contributed by atoms with van der Waals surface area (Å²) in [6.45, 7) is 2.13.